The van der Waals surface area contributed by atoms with Crippen molar-refractivity contribution in [2.24, 2.45) is 0 Å². The average Bonchev–Trinajstić information content (AvgIpc) is 3.17. The first-order chi connectivity index (χ1) is 12.4. The van der Waals surface area contributed by atoms with Crippen LogP contribution in [0.25, 0.3) is 5.69 Å². The third kappa shape index (κ3) is 3.61. The van der Waals surface area contributed by atoms with Crippen molar-refractivity contribution in [1.29, 1.82) is 0 Å². The third-order valence-electron chi connectivity index (χ3n) is 3.81. The highest BCUT2D eigenvalue weighted by molar-refractivity contribution is 7.99. The fraction of sp³-hybridized carbons (Fsp3) is 0.0500. The summed E-state index contributed by atoms with van der Waals surface area (Å²) in [7, 11) is 0. The van der Waals surface area contributed by atoms with Crippen molar-refractivity contribution in [2.45, 2.75) is 10.4 Å². The number of aromatic nitrogens is 4. The summed E-state index contributed by atoms with van der Waals surface area (Å²) in [6.45, 7) is 0. The van der Waals surface area contributed by atoms with Crippen LogP contribution in [0.15, 0.2) is 96.2 Å². The van der Waals surface area contributed by atoms with Crippen LogP contribution in [0.3, 0.4) is 0 Å². The standard InChI is InChI=1S/C20H16N4S/c1-4-10-16(11-5-1)19(17-12-6-2-7-13-17)25-20-21-23-24(22-20)18-14-8-3-9-15-18/h1-15,19H. The van der Waals surface area contributed by atoms with Crippen molar-refractivity contribution >= 4 is 11.8 Å². The van der Waals surface area contributed by atoms with Gasteiger partial charge in [-0.25, -0.2) is 0 Å². The van der Waals surface area contributed by atoms with E-state index < -0.39 is 0 Å². The van der Waals surface area contributed by atoms with Crippen LogP contribution in [0.1, 0.15) is 16.4 Å². The molecule has 0 radical (unpaired) electrons. The molecule has 5 heteroatoms. The fourth-order valence-electron chi connectivity index (χ4n) is 2.61. The second kappa shape index (κ2) is 7.32. The number of benzene rings is 3. The highest BCUT2D eigenvalue weighted by atomic mass is 32.2. The van der Waals surface area contributed by atoms with E-state index >= 15 is 0 Å². The molecule has 1 aromatic heterocycles. The number of hydrogen-bond donors (Lipinski definition) is 0. The smallest absolute Gasteiger partial charge is 0.130 e. The number of thioether (sulfide) groups is 1. The molecule has 0 atom stereocenters. The van der Waals surface area contributed by atoms with Crippen LogP contribution < -0.4 is 0 Å². The van der Waals surface area contributed by atoms with E-state index in [4.69, 9.17) is 0 Å². The van der Waals surface area contributed by atoms with Gasteiger partial charge in [-0.15, -0.1) is 15.0 Å². The molecule has 122 valence electrons. The first kappa shape index (κ1) is 15.6. The summed E-state index contributed by atoms with van der Waals surface area (Å²) in [5.74, 6) is 0. The van der Waals surface area contributed by atoms with E-state index in [9.17, 15) is 0 Å². The highest BCUT2D eigenvalue weighted by Crippen LogP contribution is 2.38. The minimum Gasteiger partial charge on any atom is -0.130 e. The van der Waals surface area contributed by atoms with Crippen LogP contribution in [0.5, 0.6) is 0 Å². The minimum absolute atomic E-state index is 0.121. The quantitative estimate of drug-likeness (QED) is 0.498. The molecule has 0 fully saturated rings. The SMILES string of the molecule is c1ccc(C(Sc2nnn(-c3ccccc3)n2)c2ccccc2)cc1. The van der Waals surface area contributed by atoms with Crippen LogP contribution in [0.4, 0.5) is 0 Å². The van der Waals surface area contributed by atoms with Crippen molar-refractivity contribution in [3.8, 4) is 5.69 Å². The Morgan fingerprint density at radius 1 is 0.680 bits per heavy atom. The molecule has 0 aliphatic heterocycles. The molecule has 0 N–H and O–H groups in total. The van der Waals surface area contributed by atoms with Gasteiger partial charge in [0.25, 0.3) is 0 Å². The molecule has 0 spiro atoms. The predicted molar refractivity (Wildman–Crippen MR) is 99.7 cm³/mol. The van der Waals surface area contributed by atoms with Gasteiger partial charge in [-0.1, -0.05) is 90.6 Å². The molecule has 0 bridgehead atoms. The van der Waals surface area contributed by atoms with Crippen LogP contribution in [-0.2, 0) is 0 Å². The van der Waals surface area contributed by atoms with Gasteiger partial charge in [-0.3, -0.25) is 0 Å². The second-order valence-electron chi connectivity index (χ2n) is 5.52. The van der Waals surface area contributed by atoms with Crippen molar-refractivity contribution in [1.82, 2.24) is 20.2 Å². The Morgan fingerprint density at radius 2 is 1.20 bits per heavy atom. The Balaban J connectivity index is 1.65. The molecule has 0 amide bonds. The van der Waals surface area contributed by atoms with Crippen molar-refractivity contribution in [3.63, 3.8) is 0 Å². The lowest BCUT2D eigenvalue weighted by Crippen LogP contribution is -1.99. The summed E-state index contributed by atoms with van der Waals surface area (Å²) in [5.41, 5.74) is 3.34. The fourth-order valence-corrected chi connectivity index (χ4v) is 3.61. The van der Waals surface area contributed by atoms with Crippen molar-refractivity contribution in [2.75, 3.05) is 0 Å². The molecule has 1 heterocycles. The molecule has 3 aromatic carbocycles. The Bertz CT molecular complexity index is 884. The lowest BCUT2D eigenvalue weighted by Gasteiger charge is -2.15. The molecule has 4 aromatic rings. The maximum Gasteiger partial charge on any atom is 0.232 e. The summed E-state index contributed by atoms with van der Waals surface area (Å²) in [6, 6.07) is 30.6. The maximum atomic E-state index is 4.53. The van der Waals surface area contributed by atoms with Gasteiger partial charge in [0, 0.05) is 0 Å². The van der Waals surface area contributed by atoms with Crippen molar-refractivity contribution in [3.05, 3.63) is 102 Å². The van der Waals surface area contributed by atoms with E-state index in [0.717, 1.165) is 5.69 Å². The topological polar surface area (TPSA) is 43.6 Å². The molecule has 4 nitrogen and oxygen atoms in total. The molecule has 0 aliphatic rings. The Kier molecular flexibility index (Phi) is 4.57. The monoisotopic (exact) mass is 344 g/mol. The first-order valence-corrected chi connectivity index (χ1v) is 8.90. The zero-order chi connectivity index (χ0) is 16.9. The van der Waals surface area contributed by atoms with E-state index in [-0.39, 0.29) is 5.25 Å². The number of nitrogens with zero attached hydrogens (tertiary/aromatic N) is 4. The number of rotatable bonds is 5. The summed E-state index contributed by atoms with van der Waals surface area (Å²) in [4.78, 5) is 1.56. The first-order valence-electron chi connectivity index (χ1n) is 8.02. The number of tetrazole rings is 1. The third-order valence-corrected chi connectivity index (χ3v) is 4.96. The molecule has 0 saturated heterocycles. The lowest BCUT2D eigenvalue weighted by molar-refractivity contribution is 0.716. The van der Waals surface area contributed by atoms with E-state index in [1.807, 2.05) is 42.5 Å². The van der Waals surface area contributed by atoms with Gasteiger partial charge in [0.2, 0.25) is 5.16 Å². The van der Waals surface area contributed by atoms with Crippen molar-refractivity contribution < 1.29 is 0 Å². The molecule has 0 saturated carbocycles. The normalized spacial score (nSPS) is 10.9. The van der Waals surface area contributed by atoms with Gasteiger partial charge in [-0.2, -0.15) is 0 Å². The van der Waals surface area contributed by atoms with Gasteiger partial charge in [0.15, 0.2) is 0 Å². The van der Waals surface area contributed by atoms with Crippen LogP contribution >= 0.6 is 11.8 Å². The zero-order valence-corrected chi connectivity index (χ0v) is 14.3. The predicted octanol–water partition coefficient (Wildman–Crippen LogP) is 4.54. The van der Waals surface area contributed by atoms with E-state index in [1.165, 1.54) is 11.1 Å². The van der Waals surface area contributed by atoms with E-state index in [1.54, 1.807) is 16.6 Å². The second-order valence-corrected chi connectivity index (χ2v) is 6.59. The van der Waals surface area contributed by atoms with Gasteiger partial charge in [0.05, 0.1) is 10.9 Å². The Morgan fingerprint density at radius 3 is 1.76 bits per heavy atom. The van der Waals surface area contributed by atoms with Gasteiger partial charge < -0.3 is 0 Å². The Hall–Kier alpha value is -2.92. The summed E-state index contributed by atoms with van der Waals surface area (Å²) in [5, 5.41) is 13.7. The van der Waals surface area contributed by atoms with E-state index in [0.29, 0.717) is 5.16 Å². The molecular formula is C20H16N4S. The van der Waals surface area contributed by atoms with Crippen LogP contribution in [0, 0.1) is 0 Å². The summed E-state index contributed by atoms with van der Waals surface area (Å²) < 4.78 is 0. The van der Waals surface area contributed by atoms with Gasteiger partial charge in [-0.05, 0) is 28.5 Å². The molecule has 4 rings (SSSR count). The molecular weight excluding hydrogens is 328 g/mol. The minimum atomic E-state index is 0.121. The summed E-state index contributed by atoms with van der Waals surface area (Å²) >= 11 is 1.60. The highest BCUT2D eigenvalue weighted by Gasteiger charge is 2.18. The van der Waals surface area contributed by atoms with Gasteiger partial charge >= 0.3 is 0 Å². The van der Waals surface area contributed by atoms with E-state index in [2.05, 4.69) is 63.9 Å². The van der Waals surface area contributed by atoms with Crippen LogP contribution in [-0.4, -0.2) is 20.2 Å². The number of para-hydroxylation sites is 1. The molecule has 25 heavy (non-hydrogen) atoms. The lowest BCUT2D eigenvalue weighted by atomic mass is 10.0. The molecule has 0 aliphatic carbocycles. The molecule has 0 unspecified atom stereocenters. The summed E-state index contributed by atoms with van der Waals surface area (Å²) in [6.07, 6.45) is 0. The Labute approximate surface area is 150 Å². The zero-order valence-electron chi connectivity index (χ0n) is 13.4. The van der Waals surface area contributed by atoms with Crippen LogP contribution in [0.2, 0.25) is 0 Å². The average molecular weight is 344 g/mol. The maximum absolute atomic E-state index is 4.53. The largest absolute Gasteiger partial charge is 0.232 e. The van der Waals surface area contributed by atoms with Gasteiger partial charge in [0.1, 0.15) is 0 Å². The number of hydrogen-bond acceptors (Lipinski definition) is 4.